The first-order chi connectivity index (χ1) is 17.9. The van der Waals surface area contributed by atoms with Crippen LogP contribution in [0.2, 0.25) is 0 Å². The van der Waals surface area contributed by atoms with E-state index in [0.717, 1.165) is 31.1 Å². The molecule has 3 aromatic rings. The lowest BCUT2D eigenvalue weighted by molar-refractivity contribution is 0.156. The van der Waals surface area contributed by atoms with Crippen LogP contribution in [0.3, 0.4) is 0 Å². The second-order valence-electron chi connectivity index (χ2n) is 12.2. The molecular formula is C32H45N5. The lowest BCUT2D eigenvalue weighted by atomic mass is 9.94. The van der Waals surface area contributed by atoms with Gasteiger partial charge in [0.1, 0.15) is 5.65 Å². The zero-order chi connectivity index (χ0) is 25.7. The molecule has 1 aromatic carbocycles. The number of benzene rings is 1. The van der Waals surface area contributed by atoms with Gasteiger partial charge in [0.2, 0.25) is 0 Å². The van der Waals surface area contributed by atoms with Crippen molar-refractivity contribution in [3.8, 4) is 5.69 Å². The third-order valence-electron chi connectivity index (χ3n) is 8.99. The molecule has 1 saturated carbocycles. The molecular weight excluding hydrogens is 454 g/mol. The average molecular weight is 500 g/mol. The Morgan fingerprint density at radius 3 is 2.32 bits per heavy atom. The van der Waals surface area contributed by atoms with Crippen LogP contribution in [-0.2, 0) is 12.8 Å². The normalized spacial score (nSPS) is 18.9. The number of aromatic nitrogens is 2. The number of piperazine rings is 1. The SMILES string of the molecule is Cc1cc(C)c(-n2c3c(c4c(N(CCN5CCN(C)CC5)CC5CC5)cc(C)nc42)CCCC3)c(C)c1. The zero-order valence-electron chi connectivity index (χ0n) is 23.7. The van der Waals surface area contributed by atoms with Gasteiger partial charge in [0.05, 0.1) is 5.69 Å². The molecule has 0 N–H and O–H groups in total. The van der Waals surface area contributed by atoms with E-state index in [9.17, 15) is 0 Å². The summed E-state index contributed by atoms with van der Waals surface area (Å²) in [5, 5.41) is 1.44. The summed E-state index contributed by atoms with van der Waals surface area (Å²) in [5.41, 5.74) is 12.3. The first-order valence-electron chi connectivity index (χ1n) is 14.7. The molecule has 0 bridgehead atoms. The van der Waals surface area contributed by atoms with Crippen LogP contribution in [-0.4, -0.2) is 72.2 Å². The molecule has 2 aromatic heterocycles. The van der Waals surface area contributed by atoms with Crippen LogP contribution in [0.1, 0.15) is 59.3 Å². The number of aryl methyl sites for hydroxylation is 5. The summed E-state index contributed by atoms with van der Waals surface area (Å²) in [6, 6.07) is 7.09. The van der Waals surface area contributed by atoms with Gasteiger partial charge >= 0.3 is 0 Å². The largest absolute Gasteiger partial charge is 0.369 e. The minimum absolute atomic E-state index is 0.857. The van der Waals surface area contributed by atoms with Gasteiger partial charge in [-0.1, -0.05) is 17.7 Å². The van der Waals surface area contributed by atoms with E-state index < -0.39 is 0 Å². The average Bonchev–Trinajstić information content (AvgIpc) is 3.63. The molecule has 0 unspecified atom stereocenters. The summed E-state index contributed by atoms with van der Waals surface area (Å²) in [5.74, 6) is 0.857. The highest BCUT2D eigenvalue weighted by atomic mass is 15.3. The Hall–Kier alpha value is -2.37. The fourth-order valence-corrected chi connectivity index (χ4v) is 6.90. The van der Waals surface area contributed by atoms with Gasteiger partial charge < -0.3 is 9.80 Å². The highest BCUT2D eigenvalue weighted by molar-refractivity contribution is 5.96. The predicted octanol–water partition coefficient (Wildman–Crippen LogP) is 5.60. The smallest absolute Gasteiger partial charge is 0.147 e. The van der Waals surface area contributed by atoms with E-state index in [4.69, 9.17) is 4.98 Å². The number of hydrogen-bond acceptors (Lipinski definition) is 4. The number of hydrogen-bond donors (Lipinski definition) is 0. The number of anilines is 1. The van der Waals surface area contributed by atoms with Crippen LogP contribution in [0.25, 0.3) is 16.7 Å². The Kier molecular flexibility index (Phi) is 6.79. The molecule has 1 saturated heterocycles. The summed E-state index contributed by atoms with van der Waals surface area (Å²) in [6.45, 7) is 17.2. The first-order valence-corrected chi connectivity index (χ1v) is 14.7. The van der Waals surface area contributed by atoms with Crippen LogP contribution in [0, 0.1) is 33.6 Å². The fourth-order valence-electron chi connectivity index (χ4n) is 6.90. The van der Waals surface area contributed by atoms with Crippen molar-refractivity contribution in [1.29, 1.82) is 0 Å². The van der Waals surface area contributed by atoms with Crippen molar-refractivity contribution in [3.63, 3.8) is 0 Å². The van der Waals surface area contributed by atoms with Crippen LogP contribution in [0.4, 0.5) is 5.69 Å². The van der Waals surface area contributed by atoms with E-state index in [1.54, 1.807) is 5.56 Å². The second kappa shape index (κ2) is 10.1. The van der Waals surface area contributed by atoms with Crippen molar-refractivity contribution < 1.29 is 0 Å². The highest BCUT2D eigenvalue weighted by Crippen LogP contribution is 2.42. The van der Waals surface area contributed by atoms with Gasteiger partial charge in [-0.2, -0.15) is 0 Å². The monoisotopic (exact) mass is 499 g/mol. The van der Waals surface area contributed by atoms with Crippen LogP contribution in [0.15, 0.2) is 18.2 Å². The van der Waals surface area contributed by atoms with E-state index in [1.807, 2.05) is 0 Å². The van der Waals surface area contributed by atoms with Gasteiger partial charge in [0, 0.05) is 68.3 Å². The molecule has 0 amide bonds. The van der Waals surface area contributed by atoms with Crippen LogP contribution < -0.4 is 4.90 Å². The van der Waals surface area contributed by atoms with Gasteiger partial charge in [0.25, 0.3) is 0 Å². The quantitative estimate of drug-likeness (QED) is 0.423. The Bertz CT molecular complexity index is 1270. The molecule has 5 nitrogen and oxygen atoms in total. The van der Waals surface area contributed by atoms with E-state index in [1.165, 1.54) is 110 Å². The molecule has 0 atom stereocenters. The van der Waals surface area contributed by atoms with Crippen LogP contribution in [0.5, 0.6) is 0 Å². The summed E-state index contributed by atoms with van der Waals surface area (Å²) >= 11 is 0. The van der Waals surface area contributed by atoms with Gasteiger partial charge in [-0.3, -0.25) is 9.47 Å². The minimum atomic E-state index is 0.857. The van der Waals surface area contributed by atoms with E-state index in [0.29, 0.717) is 0 Å². The summed E-state index contributed by atoms with van der Waals surface area (Å²) in [7, 11) is 2.25. The predicted molar refractivity (Wildman–Crippen MR) is 156 cm³/mol. The molecule has 0 radical (unpaired) electrons. The number of nitrogens with zero attached hydrogens (tertiary/aromatic N) is 5. The molecule has 3 heterocycles. The molecule has 2 aliphatic carbocycles. The Labute approximate surface area is 223 Å². The maximum absolute atomic E-state index is 5.28. The Morgan fingerprint density at radius 1 is 0.919 bits per heavy atom. The van der Waals surface area contributed by atoms with Crippen molar-refractivity contribution in [1.82, 2.24) is 19.4 Å². The standard InChI is InChI=1S/C32H45N5/c1-22-18-23(2)31(24(3)19-22)37-28-9-7-6-8-27(28)30-29(20-25(4)33-32(30)37)36(21-26-10-11-26)17-16-35-14-12-34(5)13-15-35/h18-20,26H,6-17,21H2,1-5H3. The highest BCUT2D eigenvalue weighted by Gasteiger charge is 2.30. The van der Waals surface area contributed by atoms with E-state index in [-0.39, 0.29) is 0 Å². The molecule has 6 rings (SSSR count). The molecule has 198 valence electrons. The minimum Gasteiger partial charge on any atom is -0.369 e. The van der Waals surface area contributed by atoms with Gasteiger partial charge in [-0.05, 0) is 102 Å². The molecule has 1 aliphatic heterocycles. The lowest BCUT2D eigenvalue weighted by Gasteiger charge is -2.35. The van der Waals surface area contributed by atoms with Crippen LogP contribution >= 0.6 is 0 Å². The molecule has 5 heteroatoms. The molecule has 2 fully saturated rings. The van der Waals surface area contributed by atoms with Gasteiger partial charge in [-0.15, -0.1) is 0 Å². The van der Waals surface area contributed by atoms with E-state index >= 15 is 0 Å². The maximum atomic E-state index is 5.28. The first kappa shape index (κ1) is 24.9. The molecule has 0 spiro atoms. The van der Waals surface area contributed by atoms with Crippen molar-refractivity contribution in [2.75, 3.05) is 57.8 Å². The Balaban J connectivity index is 1.47. The van der Waals surface area contributed by atoms with Crippen molar-refractivity contribution in [3.05, 3.63) is 51.8 Å². The summed E-state index contributed by atoms with van der Waals surface area (Å²) in [4.78, 5) is 13.2. The topological polar surface area (TPSA) is 27.5 Å². The maximum Gasteiger partial charge on any atom is 0.147 e. The number of pyridine rings is 1. The summed E-state index contributed by atoms with van der Waals surface area (Å²) < 4.78 is 2.57. The van der Waals surface area contributed by atoms with Gasteiger partial charge in [0.15, 0.2) is 0 Å². The van der Waals surface area contributed by atoms with E-state index in [2.05, 4.69) is 72.2 Å². The molecule has 3 aliphatic rings. The number of fused-ring (bicyclic) bond motifs is 3. The lowest BCUT2D eigenvalue weighted by Crippen LogP contribution is -2.47. The Morgan fingerprint density at radius 2 is 1.62 bits per heavy atom. The number of rotatable bonds is 7. The fraction of sp³-hybridized carbons (Fsp3) is 0.594. The van der Waals surface area contributed by atoms with Gasteiger partial charge in [-0.25, -0.2) is 4.98 Å². The third kappa shape index (κ3) is 4.93. The zero-order valence-corrected chi connectivity index (χ0v) is 23.7. The number of likely N-dealkylation sites (N-methyl/N-ethyl adjacent to an activating group) is 1. The van der Waals surface area contributed by atoms with Crippen molar-refractivity contribution >= 4 is 16.7 Å². The summed E-state index contributed by atoms with van der Waals surface area (Å²) in [6.07, 6.45) is 7.67. The van der Waals surface area contributed by atoms with Crippen molar-refractivity contribution in [2.45, 2.75) is 66.2 Å². The second-order valence-corrected chi connectivity index (χ2v) is 12.2. The molecule has 37 heavy (non-hydrogen) atoms. The third-order valence-corrected chi connectivity index (χ3v) is 8.99. The van der Waals surface area contributed by atoms with Crippen molar-refractivity contribution in [2.24, 2.45) is 5.92 Å².